The van der Waals surface area contributed by atoms with Gasteiger partial charge in [-0.1, -0.05) is 0 Å². The van der Waals surface area contributed by atoms with Crippen molar-refractivity contribution in [3.05, 3.63) is 0 Å². The van der Waals surface area contributed by atoms with Crippen molar-refractivity contribution in [1.29, 1.82) is 0 Å². The molecule has 0 atom stereocenters. The summed E-state index contributed by atoms with van der Waals surface area (Å²) in [6.07, 6.45) is 0. The van der Waals surface area contributed by atoms with Gasteiger partial charge in [-0.2, -0.15) is 0 Å². The summed E-state index contributed by atoms with van der Waals surface area (Å²) in [6.45, 7) is 4.24. The van der Waals surface area contributed by atoms with Gasteiger partial charge < -0.3 is 0 Å². The summed E-state index contributed by atoms with van der Waals surface area (Å²) in [7, 11) is 0. The van der Waals surface area contributed by atoms with Gasteiger partial charge in [0.1, 0.15) is 0 Å². The Balaban J connectivity index is 2.80. The average Bonchev–Trinajstić information content (AvgIpc) is 0.811. The van der Waals surface area contributed by atoms with E-state index >= 15 is 0 Å². The van der Waals surface area contributed by atoms with Crippen molar-refractivity contribution in [3.8, 4) is 0 Å². The molecule has 0 aliphatic heterocycles. The maximum atomic E-state index is 2.12. The first-order valence-corrected chi connectivity index (χ1v) is 2.67. The summed E-state index contributed by atoms with van der Waals surface area (Å²) in [5, 5.41) is 0. The van der Waals surface area contributed by atoms with E-state index < -0.39 is 0 Å². The number of hydrogen-bond acceptors (Lipinski definition) is 0. The Bertz CT molecular complexity index is 26.3. The van der Waals surface area contributed by atoms with Gasteiger partial charge in [0.15, 0.2) is 0 Å². The van der Waals surface area contributed by atoms with Gasteiger partial charge >= 0.3 is 37.1 Å². The normalized spacial score (nSPS) is 6.50. The Kier molecular flexibility index (Phi) is 2.10. The second kappa shape index (κ2) is 1.84. The van der Waals surface area contributed by atoms with Gasteiger partial charge in [0, 0.05) is 0 Å². The third-order valence-electron chi connectivity index (χ3n) is 0. The molecular weight excluding hydrogens is 220 g/mol. The molecule has 0 saturated carbocycles. The summed E-state index contributed by atoms with van der Waals surface area (Å²) in [5.41, 5.74) is 0. The van der Waals surface area contributed by atoms with Crippen LogP contribution in [0, 0.1) is 0 Å². The van der Waals surface area contributed by atoms with Crippen LogP contribution in [0.1, 0.15) is 13.8 Å². The molecule has 0 aromatic carbocycles. The SMILES string of the molecule is C[C](C)=[W]. The third-order valence-corrected chi connectivity index (χ3v) is 0. The molecule has 24 valence electrons. The molecule has 1 heteroatoms. The Labute approximate surface area is 37.6 Å². The third kappa shape index (κ3) is 19.9. The van der Waals surface area contributed by atoms with Crippen molar-refractivity contribution in [2.45, 2.75) is 13.8 Å². The van der Waals surface area contributed by atoms with E-state index in [1.807, 2.05) is 0 Å². The van der Waals surface area contributed by atoms with Crippen molar-refractivity contribution in [3.63, 3.8) is 0 Å². The van der Waals surface area contributed by atoms with E-state index in [-0.39, 0.29) is 0 Å². The van der Waals surface area contributed by atoms with Crippen LogP contribution >= 0.6 is 0 Å². The molecule has 0 aromatic heterocycles. The average molecular weight is 226 g/mol. The van der Waals surface area contributed by atoms with Crippen LogP contribution in [0.2, 0.25) is 0 Å². The molecule has 0 nitrogen and oxygen atoms in total. The standard InChI is InChI=1S/C3H6.W/c1-3-2;/h1-2H3;. The quantitative estimate of drug-likeness (QED) is 0.571. The molecule has 0 rings (SSSR count). The van der Waals surface area contributed by atoms with Crippen LogP contribution in [0.15, 0.2) is 0 Å². The second-order valence-corrected chi connectivity index (χ2v) is 3.84. The predicted molar refractivity (Wildman–Crippen MR) is 16.4 cm³/mol. The monoisotopic (exact) mass is 226 g/mol. The van der Waals surface area contributed by atoms with Crippen LogP contribution < -0.4 is 0 Å². The molecule has 0 fully saturated rings. The summed E-state index contributed by atoms with van der Waals surface area (Å²) >= 11 is 1.59. The Hall–Kier alpha value is 0.558. The first kappa shape index (κ1) is 4.56. The zero-order chi connectivity index (χ0) is 3.58. The van der Waals surface area contributed by atoms with Crippen molar-refractivity contribution in [1.82, 2.24) is 0 Å². The van der Waals surface area contributed by atoms with E-state index in [0.29, 0.717) is 0 Å². The molecule has 0 aliphatic carbocycles. The van der Waals surface area contributed by atoms with E-state index in [4.69, 9.17) is 0 Å². The second-order valence-electron chi connectivity index (χ2n) is 0.908. The summed E-state index contributed by atoms with van der Waals surface area (Å²) in [6, 6.07) is 0. The number of rotatable bonds is 0. The first-order chi connectivity index (χ1) is 1.73. The number of hydrogen-bond donors (Lipinski definition) is 0. The van der Waals surface area contributed by atoms with E-state index in [0.717, 1.165) is 0 Å². The van der Waals surface area contributed by atoms with Crippen LogP contribution in [0.25, 0.3) is 0 Å². The van der Waals surface area contributed by atoms with Crippen LogP contribution in [0.4, 0.5) is 0 Å². The summed E-state index contributed by atoms with van der Waals surface area (Å²) in [5.74, 6) is 0. The van der Waals surface area contributed by atoms with Crippen molar-refractivity contribution in [2.24, 2.45) is 0 Å². The van der Waals surface area contributed by atoms with Gasteiger partial charge in [-0.25, -0.2) is 0 Å². The van der Waals surface area contributed by atoms with Gasteiger partial charge in [0.2, 0.25) is 0 Å². The Morgan fingerprint density at radius 2 is 1.50 bits per heavy atom. The molecule has 0 saturated heterocycles. The zero-order valence-electron chi connectivity index (χ0n) is 2.91. The molecule has 0 aliphatic rings. The predicted octanol–water partition coefficient (Wildman–Crippen LogP) is 0.745. The minimum atomic E-state index is 1.50. The van der Waals surface area contributed by atoms with E-state index in [1.165, 1.54) is 3.90 Å². The van der Waals surface area contributed by atoms with Gasteiger partial charge in [0.05, 0.1) is 0 Å². The van der Waals surface area contributed by atoms with Gasteiger partial charge in [-0.15, -0.1) is 0 Å². The zero-order valence-corrected chi connectivity index (χ0v) is 5.84. The van der Waals surface area contributed by atoms with Crippen LogP contribution in [-0.2, 0) is 19.4 Å². The fourth-order valence-corrected chi connectivity index (χ4v) is 0. The summed E-state index contributed by atoms with van der Waals surface area (Å²) in [4.78, 5) is 0. The van der Waals surface area contributed by atoms with Gasteiger partial charge in [-0.05, 0) is 0 Å². The molecule has 0 aromatic rings. The molecule has 0 N–H and O–H groups in total. The van der Waals surface area contributed by atoms with Crippen molar-refractivity contribution < 1.29 is 19.4 Å². The van der Waals surface area contributed by atoms with Crippen molar-refractivity contribution in [2.75, 3.05) is 0 Å². The Morgan fingerprint density at radius 3 is 1.50 bits per heavy atom. The van der Waals surface area contributed by atoms with Gasteiger partial charge in [-0.3, -0.25) is 0 Å². The molecule has 0 spiro atoms. The molecule has 0 amide bonds. The van der Waals surface area contributed by atoms with E-state index in [2.05, 4.69) is 13.8 Å². The molecule has 4 heavy (non-hydrogen) atoms. The molecule has 0 heterocycles. The van der Waals surface area contributed by atoms with E-state index in [1.54, 1.807) is 19.4 Å². The van der Waals surface area contributed by atoms with Crippen LogP contribution in [0.5, 0.6) is 0 Å². The molecule has 0 bridgehead atoms. The maximum absolute atomic E-state index is 2.12. The van der Waals surface area contributed by atoms with Gasteiger partial charge in [0.25, 0.3) is 0 Å². The Morgan fingerprint density at radius 1 is 1.50 bits per heavy atom. The molecule has 0 radical (unpaired) electrons. The van der Waals surface area contributed by atoms with Crippen molar-refractivity contribution >= 4 is 3.90 Å². The fourth-order valence-electron chi connectivity index (χ4n) is 0. The fraction of sp³-hybridized carbons (Fsp3) is 0.667. The van der Waals surface area contributed by atoms with E-state index in [9.17, 15) is 0 Å². The van der Waals surface area contributed by atoms with Crippen LogP contribution in [-0.4, -0.2) is 3.90 Å². The van der Waals surface area contributed by atoms with Crippen LogP contribution in [0.3, 0.4) is 0 Å². The first-order valence-electron chi connectivity index (χ1n) is 1.20. The topological polar surface area (TPSA) is 0 Å². The minimum absolute atomic E-state index is 1.50. The molecular formula is C3H6W. The summed E-state index contributed by atoms with van der Waals surface area (Å²) < 4.78 is 1.50. The molecule has 0 unspecified atom stereocenters.